The summed E-state index contributed by atoms with van der Waals surface area (Å²) in [7, 11) is 0. The number of hydrogen-bond acceptors (Lipinski definition) is 2. The molecular formula is C12H13BrINO2. The van der Waals surface area contributed by atoms with Crippen molar-refractivity contribution in [1.29, 1.82) is 0 Å². The molecule has 0 aliphatic rings. The standard InChI is InChI=1S/C12H13BrINO2/c1-2-17-7-3-6-15-12(16)10-8-9(13)4-5-11(10)14/h2,4-5,8H,1,3,6-7H2,(H,15,16). The second-order valence-electron chi connectivity index (χ2n) is 3.27. The molecule has 0 saturated carbocycles. The third-order valence-electron chi connectivity index (χ3n) is 2.02. The van der Waals surface area contributed by atoms with E-state index >= 15 is 0 Å². The van der Waals surface area contributed by atoms with E-state index in [1.54, 1.807) is 0 Å². The van der Waals surface area contributed by atoms with Crippen LogP contribution in [0.4, 0.5) is 0 Å². The average Bonchev–Trinajstić information content (AvgIpc) is 2.32. The predicted molar refractivity (Wildman–Crippen MR) is 80.0 cm³/mol. The molecule has 0 aliphatic carbocycles. The third-order valence-corrected chi connectivity index (χ3v) is 3.45. The summed E-state index contributed by atoms with van der Waals surface area (Å²) in [6, 6.07) is 5.63. The fraction of sp³-hybridized carbons (Fsp3) is 0.250. The summed E-state index contributed by atoms with van der Waals surface area (Å²) in [5.41, 5.74) is 0.685. The Morgan fingerprint density at radius 2 is 2.35 bits per heavy atom. The van der Waals surface area contributed by atoms with Crippen LogP contribution in [0.25, 0.3) is 0 Å². The van der Waals surface area contributed by atoms with Gasteiger partial charge in [-0.1, -0.05) is 22.5 Å². The maximum absolute atomic E-state index is 11.9. The van der Waals surface area contributed by atoms with E-state index in [0.717, 1.165) is 14.5 Å². The molecule has 0 radical (unpaired) electrons. The zero-order valence-corrected chi connectivity index (χ0v) is 13.0. The van der Waals surface area contributed by atoms with Gasteiger partial charge in [0.1, 0.15) is 0 Å². The maximum atomic E-state index is 11.9. The summed E-state index contributed by atoms with van der Waals surface area (Å²) >= 11 is 5.50. The van der Waals surface area contributed by atoms with Gasteiger partial charge >= 0.3 is 0 Å². The number of rotatable bonds is 6. The van der Waals surface area contributed by atoms with Gasteiger partial charge in [-0.2, -0.15) is 0 Å². The molecule has 0 spiro atoms. The lowest BCUT2D eigenvalue weighted by Crippen LogP contribution is -2.25. The fourth-order valence-corrected chi connectivity index (χ4v) is 2.15. The average molecular weight is 410 g/mol. The lowest BCUT2D eigenvalue weighted by atomic mass is 10.2. The van der Waals surface area contributed by atoms with Gasteiger partial charge in [-0.15, -0.1) is 0 Å². The van der Waals surface area contributed by atoms with Crippen molar-refractivity contribution < 1.29 is 9.53 Å². The van der Waals surface area contributed by atoms with Gasteiger partial charge in [-0.05, 0) is 47.2 Å². The van der Waals surface area contributed by atoms with Crippen molar-refractivity contribution in [2.45, 2.75) is 6.42 Å². The fourth-order valence-electron chi connectivity index (χ4n) is 1.21. The zero-order valence-electron chi connectivity index (χ0n) is 9.21. The van der Waals surface area contributed by atoms with Crippen LogP contribution in [0.1, 0.15) is 16.8 Å². The van der Waals surface area contributed by atoms with Crippen molar-refractivity contribution >= 4 is 44.4 Å². The Balaban J connectivity index is 2.46. The quantitative estimate of drug-likeness (QED) is 0.444. The molecule has 3 nitrogen and oxygen atoms in total. The highest BCUT2D eigenvalue weighted by atomic mass is 127. The number of carbonyl (C=O) groups is 1. The highest BCUT2D eigenvalue weighted by Crippen LogP contribution is 2.18. The summed E-state index contributed by atoms with van der Waals surface area (Å²) in [5.74, 6) is -0.0608. The first-order chi connectivity index (χ1) is 8.15. The van der Waals surface area contributed by atoms with Crippen LogP contribution in [0.15, 0.2) is 35.5 Å². The Morgan fingerprint density at radius 3 is 3.06 bits per heavy atom. The number of ether oxygens (including phenoxy) is 1. The first-order valence-corrected chi connectivity index (χ1v) is 6.98. The highest BCUT2D eigenvalue weighted by molar-refractivity contribution is 14.1. The second kappa shape index (κ2) is 7.71. The van der Waals surface area contributed by atoms with Crippen molar-refractivity contribution in [1.82, 2.24) is 5.32 Å². The molecule has 1 amide bonds. The van der Waals surface area contributed by atoms with Crippen LogP contribution in [-0.2, 0) is 4.74 Å². The number of amides is 1. The molecule has 0 aliphatic heterocycles. The molecule has 1 aromatic rings. The molecule has 0 unspecified atom stereocenters. The van der Waals surface area contributed by atoms with E-state index in [1.807, 2.05) is 18.2 Å². The number of hydrogen-bond donors (Lipinski definition) is 1. The molecule has 0 bridgehead atoms. The van der Waals surface area contributed by atoms with E-state index in [2.05, 4.69) is 50.4 Å². The van der Waals surface area contributed by atoms with Gasteiger partial charge in [-0.25, -0.2) is 0 Å². The van der Waals surface area contributed by atoms with Crippen molar-refractivity contribution in [3.63, 3.8) is 0 Å². The predicted octanol–water partition coefficient (Wildman–Crippen LogP) is 3.33. The molecule has 1 aromatic carbocycles. The Kier molecular flexibility index (Phi) is 6.57. The monoisotopic (exact) mass is 409 g/mol. The first kappa shape index (κ1) is 14.5. The Morgan fingerprint density at radius 1 is 1.59 bits per heavy atom. The first-order valence-electron chi connectivity index (χ1n) is 5.11. The largest absolute Gasteiger partial charge is 0.502 e. The molecule has 92 valence electrons. The normalized spacial score (nSPS) is 9.76. The molecule has 0 fully saturated rings. The van der Waals surface area contributed by atoms with E-state index in [0.29, 0.717) is 18.7 Å². The Labute approximate surface area is 123 Å². The van der Waals surface area contributed by atoms with Crippen molar-refractivity contribution in [2.75, 3.05) is 13.2 Å². The van der Waals surface area contributed by atoms with Gasteiger partial charge in [0.15, 0.2) is 0 Å². The molecular weight excluding hydrogens is 397 g/mol. The van der Waals surface area contributed by atoms with E-state index in [1.165, 1.54) is 6.26 Å². The van der Waals surface area contributed by atoms with Gasteiger partial charge < -0.3 is 10.1 Å². The van der Waals surface area contributed by atoms with Crippen LogP contribution < -0.4 is 5.32 Å². The second-order valence-corrected chi connectivity index (χ2v) is 5.35. The third kappa shape index (κ3) is 5.08. The lowest BCUT2D eigenvalue weighted by Gasteiger charge is -2.07. The number of halogens is 2. The summed E-state index contributed by atoms with van der Waals surface area (Å²) in [4.78, 5) is 11.9. The summed E-state index contributed by atoms with van der Waals surface area (Å²) in [6.07, 6.45) is 2.17. The van der Waals surface area contributed by atoms with Gasteiger partial charge in [0, 0.05) is 14.6 Å². The smallest absolute Gasteiger partial charge is 0.252 e. The van der Waals surface area contributed by atoms with Gasteiger partial charge in [0.2, 0.25) is 0 Å². The van der Waals surface area contributed by atoms with Crippen molar-refractivity contribution in [2.24, 2.45) is 0 Å². The van der Waals surface area contributed by atoms with E-state index in [-0.39, 0.29) is 5.91 Å². The molecule has 5 heteroatoms. The van der Waals surface area contributed by atoms with E-state index in [4.69, 9.17) is 4.74 Å². The van der Waals surface area contributed by atoms with Crippen LogP contribution in [0.5, 0.6) is 0 Å². The summed E-state index contributed by atoms with van der Waals surface area (Å²) in [6.45, 7) is 4.61. The summed E-state index contributed by atoms with van der Waals surface area (Å²) < 4.78 is 6.80. The number of benzene rings is 1. The molecule has 17 heavy (non-hydrogen) atoms. The minimum Gasteiger partial charge on any atom is -0.502 e. The molecule has 0 heterocycles. The summed E-state index contributed by atoms with van der Waals surface area (Å²) in [5, 5.41) is 2.85. The topological polar surface area (TPSA) is 38.3 Å². The van der Waals surface area contributed by atoms with Crippen LogP contribution >= 0.6 is 38.5 Å². The van der Waals surface area contributed by atoms with Crippen molar-refractivity contribution in [3.05, 3.63) is 44.6 Å². The van der Waals surface area contributed by atoms with Crippen LogP contribution in [-0.4, -0.2) is 19.1 Å². The maximum Gasteiger partial charge on any atom is 0.252 e. The molecule has 0 aromatic heterocycles. The Hall–Kier alpha value is -0.560. The minimum atomic E-state index is -0.0608. The van der Waals surface area contributed by atoms with E-state index < -0.39 is 0 Å². The molecule has 0 saturated heterocycles. The van der Waals surface area contributed by atoms with Gasteiger partial charge in [0.05, 0.1) is 18.4 Å². The Bertz CT molecular complexity index is 409. The van der Waals surface area contributed by atoms with Gasteiger partial charge in [-0.3, -0.25) is 4.79 Å². The lowest BCUT2D eigenvalue weighted by molar-refractivity contribution is 0.0949. The van der Waals surface area contributed by atoms with Crippen molar-refractivity contribution in [3.8, 4) is 0 Å². The van der Waals surface area contributed by atoms with Crippen LogP contribution in [0.3, 0.4) is 0 Å². The van der Waals surface area contributed by atoms with E-state index in [9.17, 15) is 4.79 Å². The SMILES string of the molecule is C=COCCCNC(=O)c1cc(Br)ccc1I. The van der Waals surface area contributed by atoms with Crippen LogP contribution in [0, 0.1) is 3.57 Å². The number of carbonyl (C=O) groups excluding carboxylic acids is 1. The molecule has 1 N–H and O–H groups in total. The molecule has 1 rings (SSSR count). The van der Waals surface area contributed by atoms with Gasteiger partial charge in [0.25, 0.3) is 5.91 Å². The number of nitrogens with one attached hydrogen (secondary N) is 1. The molecule has 0 atom stereocenters. The zero-order chi connectivity index (χ0) is 12.7. The van der Waals surface area contributed by atoms with Crippen LogP contribution in [0.2, 0.25) is 0 Å². The highest BCUT2D eigenvalue weighted by Gasteiger charge is 2.09. The minimum absolute atomic E-state index is 0.0608.